The molecule has 3 N–H and O–H groups in total. The van der Waals surface area contributed by atoms with Gasteiger partial charge in [0.1, 0.15) is 6.04 Å². The van der Waals surface area contributed by atoms with Gasteiger partial charge in [-0.05, 0) is 49.3 Å². The Kier molecular flexibility index (Phi) is 4.44. The zero-order chi connectivity index (χ0) is 19.3. The Hall–Kier alpha value is -2.25. The molecule has 28 heavy (non-hydrogen) atoms. The van der Waals surface area contributed by atoms with Crippen LogP contribution in [0, 0.1) is 0 Å². The Labute approximate surface area is 164 Å². The quantitative estimate of drug-likeness (QED) is 0.671. The van der Waals surface area contributed by atoms with E-state index in [1.165, 1.54) is 31.2 Å². The molecule has 0 spiro atoms. The Bertz CT molecular complexity index is 827. The zero-order valence-corrected chi connectivity index (χ0v) is 15.9. The van der Waals surface area contributed by atoms with Crippen LogP contribution in [-0.2, 0) is 22.7 Å². The summed E-state index contributed by atoms with van der Waals surface area (Å²) in [6, 6.07) is 7.30. The third-order valence-corrected chi connectivity index (χ3v) is 6.66. The van der Waals surface area contributed by atoms with Crippen molar-refractivity contribution in [3.05, 3.63) is 34.9 Å². The molecule has 2 bridgehead atoms. The summed E-state index contributed by atoms with van der Waals surface area (Å²) in [7, 11) is 0. The van der Waals surface area contributed by atoms with Crippen LogP contribution in [0.4, 0.5) is 0 Å². The fourth-order valence-electron chi connectivity index (χ4n) is 5.22. The molecule has 3 fully saturated rings. The number of amides is 3. The third-order valence-electron chi connectivity index (χ3n) is 6.66. The van der Waals surface area contributed by atoms with Gasteiger partial charge < -0.3 is 15.5 Å². The highest BCUT2D eigenvalue weighted by Crippen LogP contribution is 2.29. The van der Waals surface area contributed by atoms with E-state index in [-0.39, 0.29) is 24.1 Å². The molecule has 3 unspecified atom stereocenters. The predicted octanol–water partition coefficient (Wildman–Crippen LogP) is 0.820. The Balaban J connectivity index is 1.24. The van der Waals surface area contributed by atoms with Crippen LogP contribution in [0.2, 0.25) is 0 Å². The Morgan fingerprint density at radius 2 is 1.86 bits per heavy atom. The van der Waals surface area contributed by atoms with Crippen molar-refractivity contribution in [2.75, 3.05) is 0 Å². The number of fused-ring (bicyclic) bond motifs is 3. The second-order valence-corrected chi connectivity index (χ2v) is 8.58. The number of piperidine rings is 2. The molecule has 0 aliphatic carbocycles. The van der Waals surface area contributed by atoms with Gasteiger partial charge in [-0.2, -0.15) is 0 Å². The van der Waals surface area contributed by atoms with Crippen LogP contribution in [0.5, 0.6) is 0 Å². The lowest BCUT2D eigenvalue weighted by molar-refractivity contribution is -0.136. The van der Waals surface area contributed by atoms with Crippen molar-refractivity contribution >= 4 is 17.7 Å². The minimum Gasteiger partial charge on any atom is -0.322 e. The van der Waals surface area contributed by atoms with Crippen molar-refractivity contribution in [1.29, 1.82) is 0 Å². The van der Waals surface area contributed by atoms with E-state index in [2.05, 4.69) is 22.0 Å². The second kappa shape index (κ2) is 6.97. The standard InChI is InChI=1S/C21H26N4O3/c26-19-6-5-18(20(27)24-19)25-11-13-7-12(1-4-17(13)21(25)28)10-22-16-8-14-2-3-15(9-16)23-14/h1,4,7,14-16,18,22-23H,2-3,5-6,8-11H2,(H,24,26,27). The first-order valence-corrected chi connectivity index (χ1v) is 10.3. The van der Waals surface area contributed by atoms with Gasteiger partial charge in [0.25, 0.3) is 5.91 Å². The maximum Gasteiger partial charge on any atom is 0.255 e. The molecule has 3 amide bonds. The summed E-state index contributed by atoms with van der Waals surface area (Å²) in [5.74, 6) is -0.733. The monoisotopic (exact) mass is 382 g/mol. The van der Waals surface area contributed by atoms with Gasteiger partial charge in [0.05, 0.1) is 0 Å². The van der Waals surface area contributed by atoms with E-state index < -0.39 is 6.04 Å². The van der Waals surface area contributed by atoms with Crippen LogP contribution in [0.3, 0.4) is 0 Å². The number of hydrogen-bond donors (Lipinski definition) is 3. The molecule has 4 aliphatic rings. The first kappa shape index (κ1) is 17.8. The summed E-state index contributed by atoms with van der Waals surface area (Å²) < 4.78 is 0. The first-order chi connectivity index (χ1) is 13.6. The minimum atomic E-state index is -0.551. The molecular weight excluding hydrogens is 356 g/mol. The zero-order valence-electron chi connectivity index (χ0n) is 15.9. The molecule has 7 heteroatoms. The highest BCUT2D eigenvalue weighted by Gasteiger charge is 2.39. The first-order valence-electron chi connectivity index (χ1n) is 10.3. The van der Waals surface area contributed by atoms with E-state index in [1.54, 1.807) is 4.90 Å². The molecule has 0 saturated carbocycles. The van der Waals surface area contributed by atoms with Gasteiger partial charge >= 0.3 is 0 Å². The predicted molar refractivity (Wildman–Crippen MR) is 102 cm³/mol. The van der Waals surface area contributed by atoms with E-state index in [1.807, 2.05) is 12.1 Å². The number of carbonyl (C=O) groups is 3. The van der Waals surface area contributed by atoms with Crippen LogP contribution >= 0.6 is 0 Å². The highest BCUT2D eigenvalue weighted by atomic mass is 16.2. The molecule has 0 radical (unpaired) electrons. The summed E-state index contributed by atoms with van der Waals surface area (Å²) >= 11 is 0. The van der Waals surface area contributed by atoms with Gasteiger partial charge in [0.15, 0.2) is 0 Å². The molecule has 4 aliphatic heterocycles. The van der Waals surface area contributed by atoms with Crippen LogP contribution in [0.25, 0.3) is 0 Å². The van der Waals surface area contributed by atoms with E-state index >= 15 is 0 Å². The maximum atomic E-state index is 12.8. The van der Waals surface area contributed by atoms with Gasteiger partial charge in [0.2, 0.25) is 11.8 Å². The smallest absolute Gasteiger partial charge is 0.255 e. The Morgan fingerprint density at radius 3 is 2.61 bits per heavy atom. The minimum absolute atomic E-state index is 0.112. The molecule has 3 atom stereocenters. The molecule has 1 aromatic carbocycles. The summed E-state index contributed by atoms with van der Waals surface area (Å²) in [5.41, 5.74) is 2.82. The maximum absolute atomic E-state index is 12.8. The fourth-order valence-corrected chi connectivity index (χ4v) is 5.22. The molecule has 4 heterocycles. The van der Waals surface area contributed by atoms with Crippen molar-refractivity contribution in [3.8, 4) is 0 Å². The van der Waals surface area contributed by atoms with Crippen molar-refractivity contribution in [1.82, 2.24) is 20.9 Å². The van der Waals surface area contributed by atoms with Crippen LogP contribution < -0.4 is 16.0 Å². The molecule has 1 aromatic rings. The lowest BCUT2D eigenvalue weighted by Gasteiger charge is -2.30. The second-order valence-electron chi connectivity index (χ2n) is 8.58. The molecule has 7 nitrogen and oxygen atoms in total. The molecular formula is C21H26N4O3. The SMILES string of the molecule is O=C1CCC(N2Cc3cc(CNC4CC5CCC(C4)N5)ccc3C2=O)C(=O)N1. The van der Waals surface area contributed by atoms with E-state index in [0.717, 1.165) is 12.1 Å². The van der Waals surface area contributed by atoms with E-state index in [4.69, 9.17) is 0 Å². The number of carbonyl (C=O) groups excluding carboxylic acids is 3. The number of hydrogen-bond acceptors (Lipinski definition) is 5. The number of nitrogens with one attached hydrogen (secondary N) is 3. The third kappa shape index (κ3) is 3.22. The van der Waals surface area contributed by atoms with Crippen LogP contribution in [0.15, 0.2) is 18.2 Å². The lowest BCUT2D eigenvalue weighted by atomic mass is 9.99. The fraction of sp³-hybridized carbons (Fsp3) is 0.571. The highest BCUT2D eigenvalue weighted by molar-refractivity contribution is 6.05. The van der Waals surface area contributed by atoms with Gasteiger partial charge in [-0.25, -0.2) is 0 Å². The average molecular weight is 382 g/mol. The molecule has 3 saturated heterocycles. The molecule has 5 rings (SSSR count). The number of rotatable bonds is 4. The van der Waals surface area contributed by atoms with Gasteiger partial charge in [-0.1, -0.05) is 12.1 Å². The summed E-state index contributed by atoms with van der Waals surface area (Å²) in [6.07, 6.45) is 5.63. The van der Waals surface area contributed by atoms with Crippen molar-refractivity contribution in [2.45, 2.75) is 75.8 Å². The van der Waals surface area contributed by atoms with E-state index in [9.17, 15) is 14.4 Å². The summed E-state index contributed by atoms with van der Waals surface area (Å²) in [6.45, 7) is 1.23. The molecule has 148 valence electrons. The lowest BCUT2D eigenvalue weighted by Crippen LogP contribution is -2.52. The van der Waals surface area contributed by atoms with E-state index in [0.29, 0.717) is 36.7 Å². The summed E-state index contributed by atoms with van der Waals surface area (Å²) in [5, 5.41) is 9.70. The van der Waals surface area contributed by atoms with Gasteiger partial charge in [0, 0.05) is 43.2 Å². The van der Waals surface area contributed by atoms with Crippen molar-refractivity contribution in [3.63, 3.8) is 0 Å². The molecule has 0 aromatic heterocycles. The Morgan fingerprint density at radius 1 is 1.07 bits per heavy atom. The number of benzene rings is 1. The van der Waals surface area contributed by atoms with Crippen LogP contribution in [0.1, 0.15) is 60.0 Å². The average Bonchev–Trinajstić information content (AvgIpc) is 3.19. The van der Waals surface area contributed by atoms with Crippen molar-refractivity contribution < 1.29 is 14.4 Å². The van der Waals surface area contributed by atoms with Gasteiger partial charge in [-0.15, -0.1) is 0 Å². The normalized spacial score (nSPS) is 31.9. The number of nitrogens with zero attached hydrogens (tertiary/aromatic N) is 1. The van der Waals surface area contributed by atoms with Crippen molar-refractivity contribution in [2.24, 2.45) is 0 Å². The largest absolute Gasteiger partial charge is 0.322 e. The number of imide groups is 1. The summed E-state index contributed by atoms with van der Waals surface area (Å²) in [4.78, 5) is 37.9. The topological polar surface area (TPSA) is 90.5 Å². The van der Waals surface area contributed by atoms with Crippen LogP contribution in [-0.4, -0.2) is 46.8 Å². The van der Waals surface area contributed by atoms with Gasteiger partial charge in [-0.3, -0.25) is 19.7 Å².